The summed E-state index contributed by atoms with van der Waals surface area (Å²) in [7, 11) is 0. The van der Waals surface area contributed by atoms with Crippen LogP contribution in [0.4, 0.5) is 0 Å². The van der Waals surface area contributed by atoms with Crippen LogP contribution < -0.4 is 4.74 Å². The van der Waals surface area contributed by atoms with E-state index in [-0.39, 0.29) is 30.5 Å². The van der Waals surface area contributed by atoms with Gasteiger partial charge in [0.1, 0.15) is 5.75 Å². The van der Waals surface area contributed by atoms with Crippen LogP contribution in [0.5, 0.6) is 5.75 Å². The van der Waals surface area contributed by atoms with Gasteiger partial charge in [0.05, 0.1) is 12.7 Å². The van der Waals surface area contributed by atoms with Crippen molar-refractivity contribution >= 4 is 5.97 Å². The molecule has 1 aliphatic rings. The molecule has 166 valence electrons. The lowest BCUT2D eigenvalue weighted by Crippen LogP contribution is -2.46. The SMILES string of the molecule is CC(C)C(Oc1ccccc1)C1OCC(C/C=C\CCC(=O)O)C(c2cccnc2)O1. The van der Waals surface area contributed by atoms with Crippen LogP contribution >= 0.6 is 0 Å². The Labute approximate surface area is 183 Å². The van der Waals surface area contributed by atoms with Crippen molar-refractivity contribution in [2.45, 2.75) is 51.6 Å². The average molecular weight is 426 g/mol. The quantitative estimate of drug-likeness (QED) is 0.538. The summed E-state index contributed by atoms with van der Waals surface area (Å²) in [5, 5.41) is 8.79. The van der Waals surface area contributed by atoms with Gasteiger partial charge in [-0.05, 0) is 42.5 Å². The zero-order valence-corrected chi connectivity index (χ0v) is 18.1. The Kier molecular flexibility index (Phi) is 8.62. The number of carboxylic acids is 1. The number of ether oxygens (including phenoxy) is 3. The summed E-state index contributed by atoms with van der Waals surface area (Å²) in [4.78, 5) is 15.0. The topological polar surface area (TPSA) is 77.9 Å². The summed E-state index contributed by atoms with van der Waals surface area (Å²) in [6.45, 7) is 4.71. The van der Waals surface area contributed by atoms with Gasteiger partial charge < -0.3 is 19.3 Å². The minimum atomic E-state index is -0.789. The van der Waals surface area contributed by atoms with E-state index >= 15 is 0 Å². The van der Waals surface area contributed by atoms with Gasteiger partial charge in [0.2, 0.25) is 0 Å². The summed E-state index contributed by atoms with van der Waals surface area (Å²) >= 11 is 0. The number of aliphatic carboxylic acids is 1. The van der Waals surface area contributed by atoms with Gasteiger partial charge in [-0.3, -0.25) is 9.78 Å². The molecule has 1 fully saturated rings. The Hall–Kier alpha value is -2.70. The predicted molar refractivity (Wildman–Crippen MR) is 118 cm³/mol. The van der Waals surface area contributed by atoms with E-state index in [1.165, 1.54) is 0 Å². The van der Waals surface area contributed by atoms with Crippen molar-refractivity contribution in [3.05, 3.63) is 72.6 Å². The summed E-state index contributed by atoms with van der Waals surface area (Å²) < 4.78 is 18.8. The van der Waals surface area contributed by atoms with Crippen LogP contribution in [0.25, 0.3) is 0 Å². The monoisotopic (exact) mass is 425 g/mol. The number of rotatable bonds is 10. The van der Waals surface area contributed by atoms with E-state index in [9.17, 15) is 4.79 Å². The molecule has 0 spiro atoms. The standard InChI is InChI=1S/C25H31NO5/c1-18(2)23(30-21-12-6-4-7-13-21)25-29-17-20(10-5-3-8-14-22(27)28)24(31-25)19-11-9-15-26-16-19/h3-7,9,11-13,15-16,18,20,23-25H,8,10,14,17H2,1-2H3,(H,27,28)/b5-3-. The highest BCUT2D eigenvalue weighted by atomic mass is 16.7. The van der Waals surface area contributed by atoms with Gasteiger partial charge >= 0.3 is 5.97 Å². The molecule has 4 atom stereocenters. The normalized spacial score (nSPS) is 22.5. The fraction of sp³-hybridized carbons (Fsp3) is 0.440. The first-order valence-corrected chi connectivity index (χ1v) is 10.8. The predicted octanol–water partition coefficient (Wildman–Crippen LogP) is 5.03. The maximum atomic E-state index is 10.7. The largest absolute Gasteiger partial charge is 0.485 e. The first kappa shape index (κ1) is 23.0. The third kappa shape index (κ3) is 6.91. The summed E-state index contributed by atoms with van der Waals surface area (Å²) in [6.07, 6.45) is 7.95. The molecule has 2 heterocycles. The maximum absolute atomic E-state index is 10.7. The van der Waals surface area contributed by atoms with Crippen molar-refractivity contribution in [2.24, 2.45) is 11.8 Å². The van der Waals surface area contributed by atoms with Crippen molar-refractivity contribution in [1.29, 1.82) is 0 Å². The van der Waals surface area contributed by atoms with Gasteiger partial charge in [-0.2, -0.15) is 0 Å². The van der Waals surface area contributed by atoms with Crippen molar-refractivity contribution in [3.63, 3.8) is 0 Å². The van der Waals surface area contributed by atoms with Gasteiger partial charge in [-0.15, -0.1) is 0 Å². The minimum Gasteiger partial charge on any atom is -0.485 e. The number of pyridine rings is 1. The van der Waals surface area contributed by atoms with E-state index in [0.717, 1.165) is 17.7 Å². The number of carboxylic acid groups (broad SMARTS) is 1. The minimum absolute atomic E-state index is 0.103. The van der Waals surface area contributed by atoms with E-state index in [4.69, 9.17) is 19.3 Å². The van der Waals surface area contributed by atoms with Crippen LogP contribution in [0.2, 0.25) is 0 Å². The lowest BCUT2D eigenvalue weighted by atomic mass is 9.92. The Morgan fingerprint density at radius 2 is 2.03 bits per heavy atom. The molecule has 31 heavy (non-hydrogen) atoms. The highest BCUT2D eigenvalue weighted by molar-refractivity contribution is 5.66. The molecule has 3 rings (SSSR count). The summed E-state index contributed by atoms with van der Waals surface area (Å²) in [5.74, 6) is 0.288. The Balaban J connectivity index is 1.71. The third-order valence-corrected chi connectivity index (χ3v) is 5.27. The summed E-state index contributed by atoms with van der Waals surface area (Å²) in [6, 6.07) is 13.6. The van der Waals surface area contributed by atoms with E-state index in [1.807, 2.05) is 60.8 Å². The number of allylic oxidation sites excluding steroid dienone is 2. The lowest BCUT2D eigenvalue weighted by molar-refractivity contribution is -0.273. The molecule has 0 amide bonds. The molecule has 6 heteroatoms. The molecular weight excluding hydrogens is 394 g/mol. The lowest BCUT2D eigenvalue weighted by Gasteiger charge is -2.40. The van der Waals surface area contributed by atoms with Crippen LogP contribution in [-0.2, 0) is 14.3 Å². The molecule has 1 aromatic carbocycles. The van der Waals surface area contributed by atoms with E-state index in [0.29, 0.717) is 13.0 Å². The number of hydrogen-bond donors (Lipinski definition) is 1. The molecule has 2 aromatic rings. The fourth-order valence-corrected chi connectivity index (χ4v) is 3.62. The molecule has 4 unspecified atom stereocenters. The fourth-order valence-electron chi connectivity index (χ4n) is 3.62. The van der Waals surface area contributed by atoms with Crippen LogP contribution in [0, 0.1) is 11.8 Å². The van der Waals surface area contributed by atoms with Gasteiger partial charge in [0, 0.05) is 24.7 Å². The number of nitrogens with zero attached hydrogens (tertiary/aromatic N) is 1. The molecule has 1 N–H and O–H groups in total. The number of hydrogen-bond acceptors (Lipinski definition) is 5. The third-order valence-electron chi connectivity index (χ3n) is 5.27. The van der Waals surface area contributed by atoms with Crippen molar-refractivity contribution in [3.8, 4) is 5.75 Å². The molecule has 1 aliphatic heterocycles. The zero-order valence-electron chi connectivity index (χ0n) is 18.1. The Morgan fingerprint density at radius 1 is 1.23 bits per heavy atom. The molecular formula is C25H31NO5. The van der Waals surface area contributed by atoms with Crippen molar-refractivity contribution in [2.75, 3.05) is 6.61 Å². The second-order valence-electron chi connectivity index (χ2n) is 8.08. The first-order valence-electron chi connectivity index (χ1n) is 10.8. The van der Waals surface area contributed by atoms with E-state index in [1.54, 1.807) is 6.20 Å². The van der Waals surface area contributed by atoms with Crippen LogP contribution in [0.1, 0.15) is 44.8 Å². The number of benzene rings is 1. The van der Waals surface area contributed by atoms with Crippen molar-refractivity contribution in [1.82, 2.24) is 4.98 Å². The molecule has 1 aromatic heterocycles. The second-order valence-corrected chi connectivity index (χ2v) is 8.08. The molecule has 0 saturated carbocycles. The highest BCUT2D eigenvalue weighted by Crippen LogP contribution is 2.37. The number of carbonyl (C=O) groups is 1. The van der Waals surface area contributed by atoms with Crippen molar-refractivity contribution < 1.29 is 24.1 Å². The van der Waals surface area contributed by atoms with Crippen LogP contribution in [-0.4, -0.2) is 35.1 Å². The Morgan fingerprint density at radius 3 is 2.71 bits per heavy atom. The maximum Gasteiger partial charge on any atom is 0.303 e. The smallest absolute Gasteiger partial charge is 0.303 e. The van der Waals surface area contributed by atoms with Crippen LogP contribution in [0.3, 0.4) is 0 Å². The second kappa shape index (κ2) is 11.6. The average Bonchev–Trinajstić information content (AvgIpc) is 2.78. The first-order chi connectivity index (χ1) is 15.0. The molecule has 6 nitrogen and oxygen atoms in total. The van der Waals surface area contributed by atoms with Gasteiger partial charge in [-0.1, -0.05) is 50.3 Å². The van der Waals surface area contributed by atoms with Crippen LogP contribution in [0.15, 0.2) is 67.0 Å². The number of aromatic nitrogens is 1. The zero-order chi connectivity index (χ0) is 22.1. The van der Waals surface area contributed by atoms with Gasteiger partial charge in [0.25, 0.3) is 0 Å². The summed E-state index contributed by atoms with van der Waals surface area (Å²) in [5.41, 5.74) is 1.00. The highest BCUT2D eigenvalue weighted by Gasteiger charge is 2.38. The molecule has 0 bridgehead atoms. The van der Waals surface area contributed by atoms with E-state index < -0.39 is 12.3 Å². The molecule has 1 saturated heterocycles. The molecule has 0 radical (unpaired) electrons. The van der Waals surface area contributed by atoms with Gasteiger partial charge in [-0.25, -0.2) is 0 Å². The van der Waals surface area contributed by atoms with E-state index in [2.05, 4.69) is 18.8 Å². The van der Waals surface area contributed by atoms with Gasteiger partial charge in [0.15, 0.2) is 12.4 Å². The Bertz CT molecular complexity index is 824. The molecule has 0 aliphatic carbocycles. The number of para-hydroxylation sites is 1.